The van der Waals surface area contributed by atoms with Crippen LogP contribution in [0.1, 0.15) is 25.3 Å². The molecule has 0 saturated heterocycles. The van der Waals surface area contributed by atoms with Crippen molar-refractivity contribution in [2.45, 2.75) is 25.1 Å². The number of benzene rings is 1. The summed E-state index contributed by atoms with van der Waals surface area (Å²) >= 11 is 9.09. The maximum absolute atomic E-state index is 12.9. The van der Waals surface area contributed by atoms with Gasteiger partial charge in [0.2, 0.25) is 0 Å². The van der Waals surface area contributed by atoms with E-state index in [9.17, 15) is 4.39 Å². The van der Waals surface area contributed by atoms with Crippen LogP contribution in [0, 0.1) is 5.82 Å². The first-order valence-electron chi connectivity index (χ1n) is 4.11. The largest absolute Gasteiger partial charge is 0.206 e. The normalized spacial score (nSPS) is 15.5. The lowest BCUT2D eigenvalue weighted by atomic mass is 9.98. The Bertz CT molecular complexity index is 299. The van der Waals surface area contributed by atoms with Crippen molar-refractivity contribution in [3.8, 4) is 0 Å². The van der Waals surface area contributed by atoms with Crippen LogP contribution in [0.4, 0.5) is 4.39 Å². The molecule has 0 aliphatic heterocycles. The molecule has 2 atom stereocenters. The van der Waals surface area contributed by atoms with E-state index in [1.807, 2.05) is 13.8 Å². The first kappa shape index (κ1) is 11.0. The number of alkyl halides is 1. The summed E-state index contributed by atoms with van der Waals surface area (Å²) in [5.74, 6) is -0.00302. The van der Waals surface area contributed by atoms with E-state index in [0.29, 0.717) is 4.47 Å². The van der Waals surface area contributed by atoms with Crippen LogP contribution in [0.5, 0.6) is 0 Å². The maximum Gasteiger partial charge on any atom is 0.137 e. The minimum atomic E-state index is -0.238. The Morgan fingerprint density at radius 3 is 2.46 bits per heavy atom. The third-order valence-electron chi connectivity index (χ3n) is 2.16. The summed E-state index contributed by atoms with van der Waals surface area (Å²) in [6, 6.07) is 5.00. The van der Waals surface area contributed by atoms with E-state index in [-0.39, 0.29) is 17.1 Å². The quantitative estimate of drug-likeness (QED) is 0.699. The van der Waals surface area contributed by atoms with Gasteiger partial charge in [-0.15, -0.1) is 11.6 Å². The van der Waals surface area contributed by atoms with E-state index in [2.05, 4.69) is 15.9 Å². The SMILES string of the molecule is CC(Cl)C(C)c1ccc(F)c(Br)c1. The topological polar surface area (TPSA) is 0 Å². The van der Waals surface area contributed by atoms with Gasteiger partial charge < -0.3 is 0 Å². The van der Waals surface area contributed by atoms with Gasteiger partial charge in [0, 0.05) is 5.38 Å². The Balaban J connectivity index is 2.97. The standard InChI is InChI=1S/C10H11BrClF/c1-6(7(2)12)8-3-4-10(13)9(11)5-8/h3-7H,1-2H3. The van der Waals surface area contributed by atoms with Crippen molar-refractivity contribution >= 4 is 27.5 Å². The molecule has 72 valence electrons. The van der Waals surface area contributed by atoms with Gasteiger partial charge in [-0.3, -0.25) is 0 Å². The van der Waals surface area contributed by atoms with Crippen molar-refractivity contribution in [3.05, 3.63) is 34.1 Å². The number of halogens is 3. The lowest BCUT2D eigenvalue weighted by Gasteiger charge is -2.14. The van der Waals surface area contributed by atoms with E-state index in [1.54, 1.807) is 12.1 Å². The molecule has 2 unspecified atom stereocenters. The minimum Gasteiger partial charge on any atom is -0.206 e. The summed E-state index contributed by atoms with van der Waals surface area (Å²) in [6.07, 6.45) is 0. The average molecular weight is 266 g/mol. The van der Waals surface area contributed by atoms with Crippen LogP contribution in [-0.2, 0) is 0 Å². The van der Waals surface area contributed by atoms with Gasteiger partial charge in [-0.1, -0.05) is 13.0 Å². The maximum atomic E-state index is 12.9. The molecule has 1 rings (SSSR count). The van der Waals surface area contributed by atoms with E-state index < -0.39 is 0 Å². The third-order valence-corrected chi connectivity index (χ3v) is 3.14. The molecule has 3 heteroatoms. The second-order valence-electron chi connectivity index (χ2n) is 3.14. The van der Waals surface area contributed by atoms with Gasteiger partial charge >= 0.3 is 0 Å². The lowest BCUT2D eigenvalue weighted by Crippen LogP contribution is -2.04. The van der Waals surface area contributed by atoms with Crippen LogP contribution < -0.4 is 0 Å². The first-order chi connectivity index (χ1) is 6.02. The van der Waals surface area contributed by atoms with Crippen molar-refractivity contribution in [1.29, 1.82) is 0 Å². The number of hydrogen-bond acceptors (Lipinski definition) is 0. The molecule has 0 radical (unpaired) electrons. The summed E-state index contributed by atoms with van der Waals surface area (Å²) in [5, 5.41) is 0.0531. The van der Waals surface area contributed by atoms with E-state index in [1.165, 1.54) is 6.07 Å². The molecule has 0 bridgehead atoms. The van der Waals surface area contributed by atoms with Crippen LogP contribution in [-0.4, -0.2) is 5.38 Å². The van der Waals surface area contributed by atoms with E-state index in [0.717, 1.165) is 5.56 Å². The van der Waals surface area contributed by atoms with Gasteiger partial charge in [-0.2, -0.15) is 0 Å². The molecule has 13 heavy (non-hydrogen) atoms. The first-order valence-corrected chi connectivity index (χ1v) is 5.34. The second-order valence-corrected chi connectivity index (χ2v) is 4.68. The van der Waals surface area contributed by atoms with Crippen LogP contribution in [0.25, 0.3) is 0 Å². The minimum absolute atomic E-state index is 0.0531. The fourth-order valence-electron chi connectivity index (χ4n) is 1.06. The third kappa shape index (κ3) is 2.68. The molecule has 0 aliphatic rings. The molecule has 0 fully saturated rings. The number of rotatable bonds is 2. The van der Waals surface area contributed by atoms with Gasteiger partial charge in [0.25, 0.3) is 0 Å². The molecule has 1 aromatic rings. The zero-order valence-corrected chi connectivity index (χ0v) is 9.86. The van der Waals surface area contributed by atoms with Crippen molar-refractivity contribution in [2.24, 2.45) is 0 Å². The van der Waals surface area contributed by atoms with Crippen LogP contribution >= 0.6 is 27.5 Å². The summed E-state index contributed by atoms with van der Waals surface area (Å²) in [6.45, 7) is 3.96. The van der Waals surface area contributed by atoms with Crippen LogP contribution in [0.2, 0.25) is 0 Å². The predicted molar refractivity (Wildman–Crippen MR) is 57.8 cm³/mol. The van der Waals surface area contributed by atoms with Gasteiger partial charge in [-0.25, -0.2) is 4.39 Å². The predicted octanol–water partition coefficient (Wildman–Crippen LogP) is 4.32. The van der Waals surface area contributed by atoms with Gasteiger partial charge in [0.15, 0.2) is 0 Å². The molecule has 0 heterocycles. The zero-order chi connectivity index (χ0) is 10.0. The van der Waals surface area contributed by atoms with Crippen LogP contribution in [0.15, 0.2) is 22.7 Å². The number of hydrogen-bond donors (Lipinski definition) is 0. The summed E-state index contributed by atoms with van der Waals surface area (Å²) < 4.78 is 13.4. The van der Waals surface area contributed by atoms with Gasteiger partial charge in [0.1, 0.15) is 5.82 Å². The molecular formula is C10H11BrClF. The van der Waals surface area contributed by atoms with Crippen LogP contribution in [0.3, 0.4) is 0 Å². The Labute approximate surface area is 91.2 Å². The van der Waals surface area contributed by atoms with E-state index in [4.69, 9.17) is 11.6 Å². The molecule has 0 spiro atoms. The Morgan fingerprint density at radius 1 is 1.38 bits per heavy atom. The van der Waals surface area contributed by atoms with Crippen molar-refractivity contribution in [3.63, 3.8) is 0 Å². The van der Waals surface area contributed by atoms with E-state index >= 15 is 0 Å². The highest BCUT2D eigenvalue weighted by atomic mass is 79.9. The molecule has 0 saturated carbocycles. The van der Waals surface area contributed by atoms with Crippen molar-refractivity contribution in [2.75, 3.05) is 0 Å². The fourth-order valence-corrected chi connectivity index (χ4v) is 1.60. The monoisotopic (exact) mass is 264 g/mol. The second kappa shape index (κ2) is 4.43. The molecule has 0 amide bonds. The molecule has 0 nitrogen and oxygen atoms in total. The smallest absolute Gasteiger partial charge is 0.137 e. The highest BCUT2D eigenvalue weighted by Gasteiger charge is 2.12. The highest BCUT2D eigenvalue weighted by Crippen LogP contribution is 2.26. The van der Waals surface area contributed by atoms with Crippen molar-refractivity contribution in [1.82, 2.24) is 0 Å². The summed E-state index contributed by atoms with van der Waals surface area (Å²) in [4.78, 5) is 0. The summed E-state index contributed by atoms with van der Waals surface area (Å²) in [7, 11) is 0. The fraction of sp³-hybridized carbons (Fsp3) is 0.400. The molecule has 0 aromatic heterocycles. The highest BCUT2D eigenvalue weighted by molar-refractivity contribution is 9.10. The Kier molecular flexibility index (Phi) is 3.74. The molecular weight excluding hydrogens is 254 g/mol. The Morgan fingerprint density at radius 2 is 2.00 bits per heavy atom. The Hall–Kier alpha value is -0.0800. The summed E-state index contributed by atoms with van der Waals surface area (Å²) in [5.41, 5.74) is 1.05. The van der Waals surface area contributed by atoms with Gasteiger partial charge in [0.05, 0.1) is 4.47 Å². The molecule has 1 aromatic carbocycles. The zero-order valence-electron chi connectivity index (χ0n) is 7.52. The average Bonchev–Trinajstić information content (AvgIpc) is 2.08. The molecule has 0 N–H and O–H groups in total. The van der Waals surface area contributed by atoms with Crippen molar-refractivity contribution < 1.29 is 4.39 Å². The van der Waals surface area contributed by atoms with Gasteiger partial charge in [-0.05, 0) is 46.5 Å². The lowest BCUT2D eigenvalue weighted by molar-refractivity contribution is 0.618. The molecule has 0 aliphatic carbocycles.